The summed E-state index contributed by atoms with van der Waals surface area (Å²) in [5, 5.41) is 0. The summed E-state index contributed by atoms with van der Waals surface area (Å²) in [6, 6.07) is 7.16. The Bertz CT molecular complexity index is 564. The smallest absolute Gasteiger partial charge is 0.327 e. The Kier molecular flexibility index (Phi) is 6.20. The van der Waals surface area contributed by atoms with Crippen LogP contribution in [0.4, 0.5) is 5.69 Å². The molecular formula is C15H23NO4S. The predicted octanol–water partition coefficient (Wildman–Crippen LogP) is 2.36. The van der Waals surface area contributed by atoms with Gasteiger partial charge >= 0.3 is 5.97 Å². The number of hydrogen-bond acceptors (Lipinski definition) is 4. The van der Waals surface area contributed by atoms with Gasteiger partial charge in [-0.2, -0.15) is 0 Å². The van der Waals surface area contributed by atoms with Crippen molar-refractivity contribution in [3.8, 4) is 0 Å². The van der Waals surface area contributed by atoms with E-state index in [9.17, 15) is 13.2 Å². The molecule has 0 saturated heterocycles. The van der Waals surface area contributed by atoms with Crippen LogP contribution in [-0.4, -0.2) is 32.8 Å². The minimum Gasteiger partial charge on any atom is -0.462 e. The Labute approximate surface area is 127 Å². The lowest BCUT2D eigenvalue weighted by molar-refractivity contribution is -0.145. The molecule has 1 aromatic carbocycles. The molecule has 21 heavy (non-hydrogen) atoms. The summed E-state index contributed by atoms with van der Waals surface area (Å²) in [5.74, 6) is -0.626. The monoisotopic (exact) mass is 313 g/mol. The van der Waals surface area contributed by atoms with Gasteiger partial charge in [0.1, 0.15) is 6.54 Å². The normalized spacial score (nSPS) is 11.5. The number of aryl methyl sites for hydroxylation is 1. The molecule has 0 fully saturated rings. The van der Waals surface area contributed by atoms with Gasteiger partial charge in [0.2, 0.25) is 10.0 Å². The number of hydrogen-bond donors (Lipinski definition) is 0. The van der Waals surface area contributed by atoms with E-state index in [-0.39, 0.29) is 18.4 Å². The van der Waals surface area contributed by atoms with Gasteiger partial charge in [0.05, 0.1) is 17.5 Å². The number of sulfonamides is 1. The van der Waals surface area contributed by atoms with E-state index in [1.807, 2.05) is 19.1 Å². The van der Waals surface area contributed by atoms with Crippen LogP contribution in [0.1, 0.15) is 33.3 Å². The molecule has 6 heteroatoms. The quantitative estimate of drug-likeness (QED) is 0.725. The van der Waals surface area contributed by atoms with E-state index in [4.69, 9.17) is 4.74 Å². The molecule has 0 unspecified atom stereocenters. The van der Waals surface area contributed by atoms with Crippen molar-refractivity contribution in [3.63, 3.8) is 0 Å². The molecule has 0 bridgehead atoms. The summed E-state index contributed by atoms with van der Waals surface area (Å²) in [5.41, 5.74) is 1.59. The molecule has 0 aromatic heterocycles. The summed E-state index contributed by atoms with van der Waals surface area (Å²) < 4.78 is 30.5. The topological polar surface area (TPSA) is 63.7 Å². The fourth-order valence-corrected chi connectivity index (χ4v) is 2.88. The second-order valence-electron chi connectivity index (χ2n) is 4.97. The molecule has 0 spiro atoms. The van der Waals surface area contributed by atoms with Crippen LogP contribution in [0.15, 0.2) is 24.3 Å². The van der Waals surface area contributed by atoms with Crippen molar-refractivity contribution < 1.29 is 17.9 Å². The highest BCUT2D eigenvalue weighted by Gasteiger charge is 2.24. The van der Waals surface area contributed by atoms with Crippen LogP contribution in [0.5, 0.6) is 0 Å². The maximum absolute atomic E-state index is 12.2. The SMILES string of the molecule is CCc1ccc(N(CC(=O)OC(C)C)S(=O)(=O)CC)cc1. The molecule has 118 valence electrons. The first-order chi connectivity index (χ1) is 9.80. The Morgan fingerprint density at radius 2 is 1.76 bits per heavy atom. The molecule has 0 atom stereocenters. The van der Waals surface area contributed by atoms with Gasteiger partial charge in [-0.1, -0.05) is 19.1 Å². The number of anilines is 1. The Morgan fingerprint density at radius 1 is 1.19 bits per heavy atom. The summed E-state index contributed by atoms with van der Waals surface area (Å²) >= 11 is 0. The number of benzene rings is 1. The van der Waals surface area contributed by atoms with Gasteiger partial charge in [-0.25, -0.2) is 8.42 Å². The van der Waals surface area contributed by atoms with Crippen molar-refractivity contribution in [1.82, 2.24) is 0 Å². The number of esters is 1. The van der Waals surface area contributed by atoms with Gasteiger partial charge in [0.25, 0.3) is 0 Å². The zero-order valence-corrected chi connectivity index (χ0v) is 13.8. The predicted molar refractivity (Wildman–Crippen MR) is 83.9 cm³/mol. The van der Waals surface area contributed by atoms with Crippen LogP contribution in [0.2, 0.25) is 0 Å². The number of nitrogens with zero attached hydrogens (tertiary/aromatic N) is 1. The van der Waals surface area contributed by atoms with Gasteiger partial charge in [-0.3, -0.25) is 9.10 Å². The lowest BCUT2D eigenvalue weighted by Crippen LogP contribution is -2.38. The van der Waals surface area contributed by atoms with Gasteiger partial charge in [-0.15, -0.1) is 0 Å². The molecule has 0 aliphatic carbocycles. The molecule has 0 amide bonds. The van der Waals surface area contributed by atoms with E-state index < -0.39 is 16.0 Å². The van der Waals surface area contributed by atoms with Gasteiger partial charge in [0.15, 0.2) is 0 Å². The Morgan fingerprint density at radius 3 is 2.19 bits per heavy atom. The highest BCUT2D eigenvalue weighted by molar-refractivity contribution is 7.92. The van der Waals surface area contributed by atoms with E-state index in [2.05, 4.69) is 0 Å². The zero-order valence-electron chi connectivity index (χ0n) is 13.0. The third kappa shape index (κ3) is 5.04. The molecule has 0 radical (unpaired) electrons. The number of ether oxygens (including phenoxy) is 1. The van der Waals surface area contributed by atoms with Crippen molar-refractivity contribution in [3.05, 3.63) is 29.8 Å². The third-order valence-electron chi connectivity index (χ3n) is 2.97. The first-order valence-corrected chi connectivity index (χ1v) is 8.69. The first kappa shape index (κ1) is 17.5. The van der Waals surface area contributed by atoms with Gasteiger partial charge in [0, 0.05) is 0 Å². The third-order valence-corrected chi connectivity index (χ3v) is 4.71. The van der Waals surface area contributed by atoms with E-state index in [0.29, 0.717) is 5.69 Å². The molecule has 5 nitrogen and oxygen atoms in total. The lowest BCUT2D eigenvalue weighted by atomic mass is 10.1. The van der Waals surface area contributed by atoms with Crippen LogP contribution < -0.4 is 4.31 Å². The highest BCUT2D eigenvalue weighted by atomic mass is 32.2. The maximum Gasteiger partial charge on any atom is 0.327 e. The molecule has 0 N–H and O–H groups in total. The largest absolute Gasteiger partial charge is 0.462 e. The van der Waals surface area contributed by atoms with Crippen LogP contribution >= 0.6 is 0 Å². The lowest BCUT2D eigenvalue weighted by Gasteiger charge is -2.23. The van der Waals surface area contributed by atoms with Crippen LogP contribution in [-0.2, 0) is 26.0 Å². The number of carbonyl (C=O) groups is 1. The van der Waals surface area contributed by atoms with Crippen molar-refractivity contribution in [2.24, 2.45) is 0 Å². The van der Waals surface area contributed by atoms with Crippen LogP contribution in [0.3, 0.4) is 0 Å². The van der Waals surface area contributed by atoms with E-state index in [1.54, 1.807) is 32.9 Å². The number of rotatable bonds is 7. The molecule has 0 aliphatic rings. The van der Waals surface area contributed by atoms with Gasteiger partial charge in [-0.05, 0) is 44.9 Å². The van der Waals surface area contributed by atoms with Crippen molar-refractivity contribution in [2.45, 2.75) is 40.2 Å². The van der Waals surface area contributed by atoms with Crippen LogP contribution in [0, 0.1) is 0 Å². The van der Waals surface area contributed by atoms with E-state index in [1.165, 1.54) is 0 Å². The standard InChI is InChI=1S/C15H23NO4S/c1-5-13-7-9-14(10-8-13)16(21(18,19)6-2)11-15(17)20-12(3)4/h7-10,12H,5-6,11H2,1-4H3. The Hall–Kier alpha value is -1.56. The molecule has 1 aromatic rings. The summed E-state index contributed by atoms with van der Waals surface area (Å²) in [4.78, 5) is 11.8. The first-order valence-electron chi connectivity index (χ1n) is 7.09. The van der Waals surface area contributed by atoms with E-state index >= 15 is 0 Å². The van der Waals surface area contributed by atoms with Crippen molar-refractivity contribution in [1.29, 1.82) is 0 Å². The average molecular weight is 313 g/mol. The highest BCUT2D eigenvalue weighted by Crippen LogP contribution is 2.19. The van der Waals surface area contributed by atoms with E-state index in [0.717, 1.165) is 16.3 Å². The fraction of sp³-hybridized carbons (Fsp3) is 0.533. The minimum atomic E-state index is -3.53. The molecule has 1 rings (SSSR count). The molecule has 0 saturated carbocycles. The summed E-state index contributed by atoms with van der Waals surface area (Å²) in [7, 11) is -3.53. The van der Waals surface area contributed by atoms with Gasteiger partial charge < -0.3 is 4.74 Å². The summed E-state index contributed by atoms with van der Waals surface area (Å²) in [6.45, 7) is 6.73. The molecular weight excluding hydrogens is 290 g/mol. The number of carbonyl (C=O) groups excluding carboxylic acids is 1. The maximum atomic E-state index is 12.2. The molecule has 0 aliphatic heterocycles. The fourth-order valence-electron chi connectivity index (χ4n) is 1.82. The summed E-state index contributed by atoms with van der Waals surface area (Å²) in [6.07, 6.45) is 0.599. The minimum absolute atomic E-state index is 0.0719. The average Bonchev–Trinajstić information content (AvgIpc) is 2.44. The second kappa shape index (κ2) is 7.45. The Balaban J connectivity index is 3.05. The van der Waals surface area contributed by atoms with Crippen molar-refractivity contribution in [2.75, 3.05) is 16.6 Å². The second-order valence-corrected chi connectivity index (χ2v) is 7.15. The van der Waals surface area contributed by atoms with Crippen LogP contribution in [0.25, 0.3) is 0 Å². The zero-order chi connectivity index (χ0) is 16.0. The molecule has 0 heterocycles. The van der Waals surface area contributed by atoms with Crippen molar-refractivity contribution >= 4 is 21.7 Å².